The summed E-state index contributed by atoms with van der Waals surface area (Å²) in [7, 11) is 0. The molecular weight excluding hydrogens is 515 g/mol. The first-order chi connectivity index (χ1) is 17.0. The number of H-pyrrole nitrogens is 1. The van der Waals surface area contributed by atoms with Crippen molar-refractivity contribution in [2.75, 3.05) is 13.2 Å². The van der Waals surface area contributed by atoms with Crippen molar-refractivity contribution in [2.45, 2.75) is 18.9 Å². The van der Waals surface area contributed by atoms with Crippen LogP contribution >= 0.6 is 15.9 Å². The maximum absolute atomic E-state index is 13.1. The smallest absolute Gasteiger partial charge is 0.254 e. The normalized spacial score (nSPS) is 15.8. The second kappa shape index (κ2) is 9.87. The SMILES string of the molecule is O=C(c1ccc(N=Nc2c(O)[nH]c3ccc(Br)cc23)cc1)N1CCC[C@H]1COc1ccc(F)cc1. The molecular formula is C26H22BrFN4O3. The summed E-state index contributed by atoms with van der Waals surface area (Å²) in [5, 5.41) is 19.4. The lowest BCUT2D eigenvalue weighted by Gasteiger charge is -2.25. The highest BCUT2D eigenvalue weighted by atomic mass is 79.9. The average Bonchev–Trinajstić information content (AvgIpc) is 3.46. The number of likely N-dealkylation sites (tertiary alicyclic amines) is 1. The van der Waals surface area contributed by atoms with Gasteiger partial charge in [0.1, 0.15) is 18.2 Å². The Kier molecular flexibility index (Phi) is 6.50. The highest BCUT2D eigenvalue weighted by Gasteiger charge is 2.30. The summed E-state index contributed by atoms with van der Waals surface area (Å²) in [6.07, 6.45) is 1.75. The number of aromatic amines is 1. The number of nitrogens with one attached hydrogen (secondary N) is 1. The van der Waals surface area contributed by atoms with Crippen LogP contribution in [0.2, 0.25) is 0 Å². The van der Waals surface area contributed by atoms with Crippen LogP contribution in [-0.4, -0.2) is 40.1 Å². The maximum atomic E-state index is 13.1. The fourth-order valence-electron chi connectivity index (χ4n) is 4.18. The number of carbonyl (C=O) groups is 1. The lowest BCUT2D eigenvalue weighted by atomic mass is 10.1. The molecule has 1 aliphatic rings. The zero-order valence-corrected chi connectivity index (χ0v) is 20.2. The van der Waals surface area contributed by atoms with E-state index in [1.54, 1.807) is 36.4 Å². The number of halogens is 2. The van der Waals surface area contributed by atoms with Gasteiger partial charge < -0.3 is 19.7 Å². The first kappa shape index (κ1) is 23.0. The van der Waals surface area contributed by atoms with E-state index in [2.05, 4.69) is 31.1 Å². The Morgan fingerprint density at radius 1 is 1.11 bits per heavy atom. The Bertz CT molecular complexity index is 1390. The summed E-state index contributed by atoms with van der Waals surface area (Å²) < 4.78 is 19.7. The molecule has 2 heterocycles. The second-order valence-electron chi connectivity index (χ2n) is 8.32. The number of fused-ring (bicyclic) bond motifs is 1. The van der Waals surface area contributed by atoms with Crippen molar-refractivity contribution in [3.8, 4) is 11.6 Å². The molecule has 0 aliphatic carbocycles. The topological polar surface area (TPSA) is 90.3 Å². The van der Waals surface area contributed by atoms with Crippen LogP contribution in [0.3, 0.4) is 0 Å². The Hall–Kier alpha value is -3.72. The fourth-order valence-corrected chi connectivity index (χ4v) is 4.54. The third kappa shape index (κ3) is 5.05. The Labute approximate surface area is 209 Å². The first-order valence-electron chi connectivity index (χ1n) is 11.2. The van der Waals surface area contributed by atoms with Crippen molar-refractivity contribution in [3.63, 3.8) is 0 Å². The quantitative estimate of drug-likeness (QED) is 0.263. The third-order valence-electron chi connectivity index (χ3n) is 5.99. The molecule has 1 saturated heterocycles. The molecule has 1 aromatic heterocycles. The number of benzene rings is 3. The highest BCUT2D eigenvalue weighted by molar-refractivity contribution is 9.10. The van der Waals surface area contributed by atoms with Gasteiger partial charge in [-0.15, -0.1) is 5.11 Å². The molecule has 35 heavy (non-hydrogen) atoms. The zero-order chi connectivity index (χ0) is 24.4. The number of ether oxygens (including phenoxy) is 1. The van der Waals surface area contributed by atoms with Crippen molar-refractivity contribution in [3.05, 3.63) is 82.6 Å². The number of nitrogens with zero attached hydrogens (tertiary/aromatic N) is 3. The van der Waals surface area contributed by atoms with Gasteiger partial charge in [0.2, 0.25) is 5.88 Å². The van der Waals surface area contributed by atoms with E-state index in [1.807, 2.05) is 23.1 Å². The van der Waals surface area contributed by atoms with Crippen LogP contribution in [0.5, 0.6) is 11.6 Å². The van der Waals surface area contributed by atoms with Crippen molar-refractivity contribution in [2.24, 2.45) is 10.2 Å². The summed E-state index contributed by atoms with van der Waals surface area (Å²) in [4.78, 5) is 17.8. The first-order valence-corrected chi connectivity index (χ1v) is 12.0. The number of carbonyl (C=O) groups excluding carboxylic acids is 1. The minimum Gasteiger partial charge on any atom is -0.493 e. The van der Waals surface area contributed by atoms with Crippen molar-refractivity contribution >= 4 is 44.1 Å². The number of azo groups is 1. The summed E-state index contributed by atoms with van der Waals surface area (Å²) in [6, 6.07) is 18.3. The van der Waals surface area contributed by atoms with E-state index < -0.39 is 0 Å². The number of aromatic hydroxyl groups is 1. The van der Waals surface area contributed by atoms with Gasteiger partial charge >= 0.3 is 0 Å². The molecule has 7 nitrogen and oxygen atoms in total. The molecule has 178 valence electrons. The van der Waals surface area contributed by atoms with Gasteiger partial charge in [-0.1, -0.05) is 15.9 Å². The number of hydrogen-bond donors (Lipinski definition) is 2. The number of amides is 1. The summed E-state index contributed by atoms with van der Waals surface area (Å²) >= 11 is 3.42. The Balaban J connectivity index is 1.26. The van der Waals surface area contributed by atoms with Crippen molar-refractivity contribution in [1.29, 1.82) is 0 Å². The molecule has 0 saturated carbocycles. The zero-order valence-electron chi connectivity index (χ0n) is 18.6. The van der Waals surface area contributed by atoms with E-state index in [-0.39, 0.29) is 23.6 Å². The van der Waals surface area contributed by atoms with Gasteiger partial charge in [0.05, 0.1) is 17.2 Å². The predicted octanol–water partition coefficient (Wildman–Crippen LogP) is 6.87. The molecule has 9 heteroatoms. The molecule has 1 fully saturated rings. The third-order valence-corrected chi connectivity index (χ3v) is 6.48. The van der Waals surface area contributed by atoms with E-state index in [1.165, 1.54) is 12.1 Å². The summed E-state index contributed by atoms with van der Waals surface area (Å²) in [6.45, 7) is 1.01. The second-order valence-corrected chi connectivity index (χ2v) is 9.23. The molecule has 3 aromatic carbocycles. The molecule has 1 amide bonds. The van der Waals surface area contributed by atoms with Gasteiger partial charge in [-0.25, -0.2) is 4.39 Å². The van der Waals surface area contributed by atoms with E-state index in [9.17, 15) is 14.3 Å². The number of aromatic nitrogens is 1. The largest absolute Gasteiger partial charge is 0.493 e. The van der Waals surface area contributed by atoms with Crippen LogP contribution < -0.4 is 4.74 Å². The van der Waals surface area contributed by atoms with Crippen LogP contribution in [0.25, 0.3) is 10.9 Å². The van der Waals surface area contributed by atoms with E-state index in [0.717, 1.165) is 28.2 Å². The fraction of sp³-hybridized carbons (Fsp3) is 0.192. The van der Waals surface area contributed by atoms with Crippen molar-refractivity contribution < 1.29 is 19.0 Å². The molecule has 1 atom stereocenters. The lowest BCUT2D eigenvalue weighted by molar-refractivity contribution is 0.0691. The molecule has 2 N–H and O–H groups in total. The van der Waals surface area contributed by atoms with Gasteiger partial charge in [0.15, 0.2) is 5.69 Å². The lowest BCUT2D eigenvalue weighted by Crippen LogP contribution is -2.39. The monoisotopic (exact) mass is 536 g/mol. The van der Waals surface area contributed by atoms with E-state index in [4.69, 9.17) is 4.74 Å². The molecule has 4 aromatic rings. The van der Waals surface area contributed by atoms with Crippen molar-refractivity contribution in [1.82, 2.24) is 9.88 Å². The number of hydrogen-bond acceptors (Lipinski definition) is 5. The van der Waals surface area contributed by atoms with Gasteiger partial charge in [-0.05, 0) is 79.6 Å². The van der Waals surface area contributed by atoms with Gasteiger partial charge in [-0.2, -0.15) is 5.11 Å². The molecule has 1 aliphatic heterocycles. The molecule has 0 unspecified atom stereocenters. The van der Waals surface area contributed by atoms with Crippen LogP contribution in [0.4, 0.5) is 15.8 Å². The van der Waals surface area contributed by atoms with Gasteiger partial charge in [0, 0.05) is 22.0 Å². The molecule has 0 bridgehead atoms. The highest BCUT2D eigenvalue weighted by Crippen LogP contribution is 2.37. The average molecular weight is 537 g/mol. The van der Waals surface area contributed by atoms with Gasteiger partial charge in [0.25, 0.3) is 5.91 Å². The van der Waals surface area contributed by atoms with Crippen LogP contribution in [0.1, 0.15) is 23.2 Å². The summed E-state index contributed by atoms with van der Waals surface area (Å²) in [5.41, 5.74) is 2.21. The Morgan fingerprint density at radius 2 is 1.89 bits per heavy atom. The van der Waals surface area contributed by atoms with Crippen LogP contribution in [0, 0.1) is 5.82 Å². The van der Waals surface area contributed by atoms with Gasteiger partial charge in [-0.3, -0.25) is 4.79 Å². The predicted molar refractivity (Wildman–Crippen MR) is 134 cm³/mol. The van der Waals surface area contributed by atoms with Crippen LogP contribution in [-0.2, 0) is 0 Å². The minimum absolute atomic E-state index is 0.0453. The number of rotatable bonds is 6. The molecule has 0 radical (unpaired) electrons. The Morgan fingerprint density at radius 3 is 2.66 bits per heavy atom. The molecule has 0 spiro atoms. The van der Waals surface area contributed by atoms with E-state index in [0.29, 0.717) is 35.8 Å². The minimum atomic E-state index is -0.315. The summed E-state index contributed by atoms with van der Waals surface area (Å²) in [5.74, 6) is 0.132. The molecule has 5 rings (SSSR count). The standard InChI is InChI=1S/C26H22BrFN4O3/c27-17-5-12-23-22(14-17)24(25(33)29-23)31-30-19-8-3-16(4-9-19)26(34)32-13-1-2-20(32)15-35-21-10-6-18(28)7-11-21/h3-12,14,20,29,33H,1-2,13,15H2/t20-/m0/s1. The van der Waals surface area contributed by atoms with Crippen LogP contribution in [0.15, 0.2) is 81.4 Å². The maximum Gasteiger partial charge on any atom is 0.254 e. The van der Waals surface area contributed by atoms with E-state index >= 15 is 0 Å².